The molecule has 0 aliphatic rings. The van der Waals surface area contributed by atoms with Gasteiger partial charge in [-0.1, -0.05) is 6.92 Å². The van der Waals surface area contributed by atoms with Gasteiger partial charge < -0.3 is 10.3 Å². The van der Waals surface area contributed by atoms with Gasteiger partial charge in [-0.25, -0.2) is 15.8 Å². The van der Waals surface area contributed by atoms with E-state index in [4.69, 9.17) is 5.84 Å². The molecule has 0 saturated heterocycles. The van der Waals surface area contributed by atoms with E-state index >= 15 is 0 Å². The van der Waals surface area contributed by atoms with E-state index in [9.17, 15) is 4.79 Å². The molecule has 0 unspecified atom stereocenters. The van der Waals surface area contributed by atoms with Crippen molar-refractivity contribution in [1.29, 1.82) is 0 Å². The van der Waals surface area contributed by atoms with Crippen LogP contribution in [0.3, 0.4) is 0 Å². The highest BCUT2D eigenvalue weighted by molar-refractivity contribution is 7.09. The van der Waals surface area contributed by atoms with Gasteiger partial charge in [0, 0.05) is 23.7 Å². The molecule has 0 aromatic carbocycles. The van der Waals surface area contributed by atoms with Crippen LogP contribution in [0.4, 0.5) is 5.82 Å². The molecule has 0 radical (unpaired) electrons. The Kier molecular flexibility index (Phi) is 4.87. The number of carbonyl (C=O) groups excluding carboxylic acids is 1. The first-order valence-corrected chi connectivity index (χ1v) is 7.55. The zero-order chi connectivity index (χ0) is 15.4. The number of hydrogen-bond acceptors (Lipinski definition) is 6. The Morgan fingerprint density at radius 3 is 2.71 bits per heavy atom. The average Bonchev–Trinajstić information content (AvgIpc) is 2.90. The maximum Gasteiger partial charge on any atom is 0.254 e. The number of aryl methyl sites for hydroxylation is 2. The van der Waals surface area contributed by atoms with E-state index in [2.05, 4.69) is 15.4 Å². The third-order valence-corrected chi connectivity index (χ3v) is 3.87. The number of nitrogens with two attached hydrogens (primary N) is 1. The molecular weight excluding hydrogens is 286 g/mol. The van der Waals surface area contributed by atoms with Crippen molar-refractivity contribution in [2.24, 2.45) is 5.84 Å². The van der Waals surface area contributed by atoms with Gasteiger partial charge in [0.1, 0.15) is 5.82 Å². The predicted octanol–water partition coefficient (Wildman–Crippen LogP) is 1.97. The van der Waals surface area contributed by atoms with Crippen LogP contribution in [0.1, 0.15) is 33.7 Å². The number of rotatable bonds is 5. The molecule has 6 nitrogen and oxygen atoms in total. The predicted molar refractivity (Wildman–Crippen MR) is 84.1 cm³/mol. The second kappa shape index (κ2) is 6.64. The maximum atomic E-state index is 12.5. The van der Waals surface area contributed by atoms with Crippen LogP contribution in [-0.4, -0.2) is 27.8 Å². The summed E-state index contributed by atoms with van der Waals surface area (Å²) < 4.78 is 0. The highest BCUT2D eigenvalue weighted by Crippen LogP contribution is 2.15. The van der Waals surface area contributed by atoms with Crippen LogP contribution in [0.5, 0.6) is 0 Å². The van der Waals surface area contributed by atoms with Gasteiger partial charge in [-0.3, -0.25) is 4.79 Å². The lowest BCUT2D eigenvalue weighted by Crippen LogP contribution is -2.27. The summed E-state index contributed by atoms with van der Waals surface area (Å²) in [5.41, 5.74) is 4.79. The number of hydrazine groups is 1. The summed E-state index contributed by atoms with van der Waals surface area (Å²) in [6.45, 7) is 4.42. The third kappa shape index (κ3) is 3.77. The Labute approximate surface area is 128 Å². The maximum absolute atomic E-state index is 12.5. The van der Waals surface area contributed by atoms with Crippen molar-refractivity contribution in [3.8, 4) is 0 Å². The zero-order valence-corrected chi connectivity index (χ0v) is 13.2. The number of nitrogen functional groups attached to an aromatic ring is 1. The van der Waals surface area contributed by atoms with Crippen LogP contribution in [0.2, 0.25) is 0 Å². The molecule has 21 heavy (non-hydrogen) atoms. The molecule has 0 aliphatic carbocycles. The Morgan fingerprint density at radius 2 is 2.14 bits per heavy atom. The third-order valence-electron chi connectivity index (χ3n) is 3.05. The van der Waals surface area contributed by atoms with E-state index in [1.54, 1.807) is 35.4 Å². The highest BCUT2D eigenvalue weighted by atomic mass is 32.1. The minimum Gasteiger partial charge on any atom is -0.336 e. The molecule has 0 bridgehead atoms. The number of pyridine rings is 1. The molecule has 0 fully saturated rings. The number of nitrogens with zero attached hydrogens (tertiary/aromatic N) is 3. The van der Waals surface area contributed by atoms with Gasteiger partial charge in [0.15, 0.2) is 0 Å². The lowest BCUT2D eigenvalue weighted by atomic mass is 10.1. The Hall–Kier alpha value is -1.99. The van der Waals surface area contributed by atoms with Crippen LogP contribution >= 0.6 is 11.3 Å². The monoisotopic (exact) mass is 305 g/mol. The van der Waals surface area contributed by atoms with E-state index in [1.165, 1.54) is 0 Å². The van der Waals surface area contributed by atoms with E-state index < -0.39 is 0 Å². The Morgan fingerprint density at radius 1 is 1.38 bits per heavy atom. The highest BCUT2D eigenvalue weighted by Gasteiger charge is 2.15. The number of nitrogens with one attached hydrogen (secondary N) is 1. The number of hydrogen-bond donors (Lipinski definition) is 2. The molecule has 0 atom stereocenters. The summed E-state index contributed by atoms with van der Waals surface area (Å²) >= 11 is 1.58. The minimum absolute atomic E-state index is 0.0748. The number of anilines is 1. The van der Waals surface area contributed by atoms with Gasteiger partial charge in [-0.2, -0.15) is 0 Å². The van der Waals surface area contributed by atoms with Crippen molar-refractivity contribution in [2.75, 3.05) is 12.5 Å². The molecule has 112 valence electrons. The molecule has 3 N–H and O–H groups in total. The largest absolute Gasteiger partial charge is 0.336 e. The number of thiazole rings is 1. The van der Waals surface area contributed by atoms with E-state index in [0.29, 0.717) is 17.9 Å². The van der Waals surface area contributed by atoms with Crippen LogP contribution in [0.15, 0.2) is 17.5 Å². The van der Waals surface area contributed by atoms with Crippen molar-refractivity contribution in [1.82, 2.24) is 14.9 Å². The van der Waals surface area contributed by atoms with Crippen molar-refractivity contribution < 1.29 is 4.79 Å². The van der Waals surface area contributed by atoms with Crippen LogP contribution in [0.25, 0.3) is 0 Å². The van der Waals surface area contributed by atoms with Gasteiger partial charge >= 0.3 is 0 Å². The zero-order valence-electron chi connectivity index (χ0n) is 12.4. The summed E-state index contributed by atoms with van der Waals surface area (Å²) in [4.78, 5) is 22.8. The van der Waals surface area contributed by atoms with Gasteiger partial charge in [-0.15, -0.1) is 11.3 Å². The normalized spacial score (nSPS) is 10.5. The number of aromatic nitrogens is 2. The lowest BCUT2D eigenvalue weighted by Gasteiger charge is -2.17. The smallest absolute Gasteiger partial charge is 0.254 e. The molecule has 2 rings (SSSR count). The number of carbonyl (C=O) groups is 1. The van der Waals surface area contributed by atoms with E-state index in [0.717, 1.165) is 22.8 Å². The molecule has 0 saturated carbocycles. The van der Waals surface area contributed by atoms with Gasteiger partial charge in [-0.05, 0) is 25.5 Å². The minimum atomic E-state index is -0.0748. The average molecular weight is 305 g/mol. The number of amides is 1. The summed E-state index contributed by atoms with van der Waals surface area (Å²) in [6, 6.07) is 3.45. The first-order chi connectivity index (χ1) is 10.0. The first-order valence-electron chi connectivity index (χ1n) is 6.67. The molecule has 0 spiro atoms. The lowest BCUT2D eigenvalue weighted by molar-refractivity contribution is 0.0783. The Balaban J connectivity index is 2.18. The fourth-order valence-electron chi connectivity index (χ4n) is 1.98. The molecule has 2 aromatic rings. The Bertz CT molecular complexity index is 618. The molecule has 0 aliphatic heterocycles. The molecular formula is C14H19N5OS. The van der Waals surface area contributed by atoms with Gasteiger partial charge in [0.05, 0.1) is 17.2 Å². The van der Waals surface area contributed by atoms with Crippen molar-refractivity contribution in [3.05, 3.63) is 39.5 Å². The second-order valence-corrected chi connectivity index (χ2v) is 5.81. The van der Waals surface area contributed by atoms with Crippen LogP contribution in [0, 0.1) is 6.92 Å². The molecule has 2 heterocycles. The molecule has 7 heteroatoms. The van der Waals surface area contributed by atoms with Crippen molar-refractivity contribution in [3.63, 3.8) is 0 Å². The van der Waals surface area contributed by atoms with Crippen LogP contribution in [-0.2, 0) is 13.0 Å². The molecule has 2 aromatic heterocycles. The molecule has 1 amide bonds. The summed E-state index contributed by atoms with van der Waals surface area (Å²) in [5, 5.41) is 2.97. The van der Waals surface area contributed by atoms with E-state index in [1.807, 2.05) is 19.2 Å². The van der Waals surface area contributed by atoms with Crippen molar-refractivity contribution in [2.45, 2.75) is 26.8 Å². The summed E-state index contributed by atoms with van der Waals surface area (Å²) in [5.74, 6) is 5.82. The fraction of sp³-hybridized carbons (Fsp3) is 0.357. The van der Waals surface area contributed by atoms with E-state index in [-0.39, 0.29) is 5.91 Å². The summed E-state index contributed by atoms with van der Waals surface area (Å²) in [7, 11) is 1.76. The topological polar surface area (TPSA) is 84.1 Å². The second-order valence-electron chi connectivity index (χ2n) is 4.75. The quantitative estimate of drug-likeness (QED) is 0.651. The fourth-order valence-corrected chi connectivity index (χ4v) is 2.59. The first kappa shape index (κ1) is 15.4. The van der Waals surface area contributed by atoms with Crippen molar-refractivity contribution >= 4 is 23.1 Å². The SMILES string of the molecule is CCc1cc(C(=O)N(C)Cc2csc(C)n2)cc(NN)n1. The standard InChI is InChI=1S/C14H19N5OS/c1-4-11-5-10(6-13(17-11)18-15)14(20)19(3)7-12-8-21-9(2)16-12/h5-6,8H,4,7,15H2,1-3H3,(H,17,18). The summed E-state index contributed by atoms with van der Waals surface area (Å²) in [6.07, 6.45) is 0.741. The van der Waals surface area contributed by atoms with Gasteiger partial charge in [0.2, 0.25) is 0 Å². The van der Waals surface area contributed by atoms with Crippen LogP contribution < -0.4 is 11.3 Å². The van der Waals surface area contributed by atoms with Gasteiger partial charge in [0.25, 0.3) is 5.91 Å².